The zero-order valence-corrected chi connectivity index (χ0v) is 16.9. The number of rotatable bonds is 5. The summed E-state index contributed by atoms with van der Waals surface area (Å²) in [5, 5.41) is 2.03. The number of aromatic nitrogens is 1. The third-order valence-corrected chi connectivity index (χ3v) is 5.62. The standard InChI is InChI=1S/C23H24N2O4/c1-4-25(14(2)3)11-16-8-21-22(28-12-27-21)9-17(16)19-7-15-5-6-20-23(29-13-26-20)18(15)10-24-19/h5-10,14H,4,11-13H2,1-3H3. The maximum Gasteiger partial charge on any atom is 0.231 e. The van der Waals surface area contributed by atoms with Crippen LogP contribution in [0.25, 0.3) is 22.0 Å². The van der Waals surface area contributed by atoms with Crippen LogP contribution >= 0.6 is 0 Å². The van der Waals surface area contributed by atoms with E-state index in [0.29, 0.717) is 6.04 Å². The molecule has 6 nitrogen and oxygen atoms in total. The fourth-order valence-corrected chi connectivity index (χ4v) is 3.97. The Morgan fingerprint density at radius 3 is 2.52 bits per heavy atom. The number of ether oxygens (including phenoxy) is 4. The summed E-state index contributed by atoms with van der Waals surface area (Å²) in [6.07, 6.45) is 1.87. The fraction of sp³-hybridized carbons (Fsp3) is 0.348. The van der Waals surface area contributed by atoms with Crippen molar-refractivity contribution < 1.29 is 18.9 Å². The number of fused-ring (bicyclic) bond motifs is 4. The average Bonchev–Trinajstić information content (AvgIpc) is 3.39. The molecule has 0 aliphatic carbocycles. The molecular formula is C23H24N2O4. The summed E-state index contributed by atoms with van der Waals surface area (Å²) >= 11 is 0. The molecule has 0 radical (unpaired) electrons. The number of hydrogen-bond donors (Lipinski definition) is 0. The second kappa shape index (κ2) is 7.12. The maximum absolute atomic E-state index is 5.64. The summed E-state index contributed by atoms with van der Waals surface area (Å²) in [5.41, 5.74) is 3.15. The topological polar surface area (TPSA) is 53.1 Å². The van der Waals surface area contributed by atoms with Crippen molar-refractivity contribution in [1.82, 2.24) is 9.88 Å². The molecular weight excluding hydrogens is 368 g/mol. The second-order valence-electron chi connectivity index (χ2n) is 7.61. The molecule has 0 saturated carbocycles. The van der Waals surface area contributed by atoms with Gasteiger partial charge >= 0.3 is 0 Å². The third-order valence-electron chi connectivity index (χ3n) is 5.62. The number of nitrogens with zero attached hydrogens (tertiary/aromatic N) is 2. The molecule has 0 amide bonds. The Kier molecular flexibility index (Phi) is 4.43. The van der Waals surface area contributed by atoms with Crippen molar-refractivity contribution in [3.8, 4) is 34.3 Å². The van der Waals surface area contributed by atoms with E-state index in [1.165, 1.54) is 5.56 Å². The van der Waals surface area contributed by atoms with E-state index < -0.39 is 0 Å². The summed E-state index contributed by atoms with van der Waals surface area (Å²) < 4.78 is 22.4. The van der Waals surface area contributed by atoms with Crippen LogP contribution in [0.2, 0.25) is 0 Å². The molecule has 6 heteroatoms. The van der Waals surface area contributed by atoms with Crippen LogP contribution < -0.4 is 18.9 Å². The van der Waals surface area contributed by atoms with Crippen molar-refractivity contribution in [1.29, 1.82) is 0 Å². The minimum atomic E-state index is 0.255. The largest absolute Gasteiger partial charge is 0.454 e. The second-order valence-corrected chi connectivity index (χ2v) is 7.61. The molecule has 29 heavy (non-hydrogen) atoms. The predicted octanol–water partition coefficient (Wildman–Crippen LogP) is 4.59. The van der Waals surface area contributed by atoms with Gasteiger partial charge in [-0.1, -0.05) is 13.0 Å². The molecule has 150 valence electrons. The first-order valence-electron chi connectivity index (χ1n) is 9.99. The van der Waals surface area contributed by atoms with E-state index in [1.54, 1.807) is 0 Å². The first kappa shape index (κ1) is 18.1. The number of pyridine rings is 1. The maximum atomic E-state index is 5.64. The van der Waals surface area contributed by atoms with Gasteiger partial charge in [0, 0.05) is 29.7 Å². The lowest BCUT2D eigenvalue weighted by Gasteiger charge is -2.26. The first-order valence-corrected chi connectivity index (χ1v) is 9.99. The third kappa shape index (κ3) is 3.13. The Morgan fingerprint density at radius 1 is 0.966 bits per heavy atom. The summed E-state index contributed by atoms with van der Waals surface area (Å²) in [6.45, 7) is 8.92. The van der Waals surface area contributed by atoms with Gasteiger partial charge in [-0.05, 0) is 55.6 Å². The van der Waals surface area contributed by atoms with Crippen molar-refractivity contribution in [3.05, 3.63) is 42.1 Å². The molecule has 0 atom stereocenters. The van der Waals surface area contributed by atoms with Crippen LogP contribution in [0.1, 0.15) is 26.3 Å². The molecule has 0 saturated heterocycles. The SMILES string of the molecule is CCN(Cc1cc2c(cc1-c1cc3ccc4c(c3cn1)OCO4)OCO2)C(C)C. The Morgan fingerprint density at radius 2 is 1.72 bits per heavy atom. The quantitative estimate of drug-likeness (QED) is 0.633. The van der Waals surface area contributed by atoms with E-state index in [-0.39, 0.29) is 13.6 Å². The van der Waals surface area contributed by atoms with Crippen molar-refractivity contribution in [2.45, 2.75) is 33.4 Å². The van der Waals surface area contributed by atoms with Crippen LogP contribution in [0.15, 0.2) is 36.5 Å². The fourth-order valence-electron chi connectivity index (χ4n) is 3.97. The molecule has 0 fully saturated rings. The van der Waals surface area contributed by atoms with Gasteiger partial charge in [-0.3, -0.25) is 9.88 Å². The summed E-state index contributed by atoms with van der Waals surface area (Å²) in [5.74, 6) is 3.10. The van der Waals surface area contributed by atoms with Crippen LogP contribution in [-0.4, -0.2) is 36.1 Å². The molecule has 0 bridgehead atoms. The molecule has 2 aliphatic rings. The van der Waals surface area contributed by atoms with E-state index in [9.17, 15) is 0 Å². The van der Waals surface area contributed by atoms with E-state index in [0.717, 1.165) is 58.1 Å². The highest BCUT2D eigenvalue weighted by molar-refractivity contribution is 5.93. The Balaban J connectivity index is 1.62. The van der Waals surface area contributed by atoms with Gasteiger partial charge in [0.05, 0.1) is 5.69 Å². The normalized spacial score (nSPS) is 14.4. The highest BCUT2D eigenvalue weighted by Gasteiger charge is 2.22. The lowest BCUT2D eigenvalue weighted by Crippen LogP contribution is -2.30. The first-order chi connectivity index (χ1) is 14.1. The number of hydrogen-bond acceptors (Lipinski definition) is 6. The highest BCUT2D eigenvalue weighted by atomic mass is 16.7. The van der Waals surface area contributed by atoms with Crippen LogP contribution in [0.5, 0.6) is 23.0 Å². The van der Waals surface area contributed by atoms with Crippen molar-refractivity contribution in [3.63, 3.8) is 0 Å². The Hall–Kier alpha value is -2.99. The van der Waals surface area contributed by atoms with Crippen molar-refractivity contribution in [2.24, 2.45) is 0 Å². The lowest BCUT2D eigenvalue weighted by atomic mass is 10.00. The molecule has 0 spiro atoms. The van der Waals surface area contributed by atoms with Gasteiger partial charge in [-0.2, -0.15) is 0 Å². The van der Waals surface area contributed by atoms with Gasteiger partial charge in [0.25, 0.3) is 0 Å². The zero-order chi connectivity index (χ0) is 20.0. The predicted molar refractivity (Wildman–Crippen MR) is 111 cm³/mol. The minimum absolute atomic E-state index is 0.255. The van der Waals surface area contributed by atoms with Gasteiger partial charge in [-0.25, -0.2) is 0 Å². The van der Waals surface area contributed by atoms with Gasteiger partial charge in [0.1, 0.15) is 0 Å². The smallest absolute Gasteiger partial charge is 0.231 e. The Bertz CT molecular complexity index is 1080. The zero-order valence-electron chi connectivity index (χ0n) is 16.9. The molecule has 2 aromatic carbocycles. The van der Waals surface area contributed by atoms with E-state index in [1.807, 2.05) is 24.4 Å². The summed E-state index contributed by atoms with van der Waals surface area (Å²) in [4.78, 5) is 7.19. The molecule has 0 N–H and O–H groups in total. The number of benzene rings is 2. The molecule has 2 aliphatic heterocycles. The molecule has 1 aromatic heterocycles. The van der Waals surface area contributed by atoms with Crippen LogP contribution in [0, 0.1) is 0 Å². The monoisotopic (exact) mass is 392 g/mol. The van der Waals surface area contributed by atoms with E-state index in [4.69, 9.17) is 23.9 Å². The lowest BCUT2D eigenvalue weighted by molar-refractivity contribution is 0.173. The molecule has 3 heterocycles. The summed E-state index contributed by atoms with van der Waals surface area (Å²) in [7, 11) is 0. The average molecular weight is 392 g/mol. The Labute approximate surface area is 170 Å². The van der Waals surface area contributed by atoms with Gasteiger partial charge in [0.15, 0.2) is 23.0 Å². The van der Waals surface area contributed by atoms with Crippen molar-refractivity contribution >= 4 is 10.8 Å². The van der Waals surface area contributed by atoms with E-state index >= 15 is 0 Å². The minimum Gasteiger partial charge on any atom is -0.454 e. The highest BCUT2D eigenvalue weighted by Crippen LogP contribution is 2.42. The molecule has 3 aromatic rings. The molecule has 0 unspecified atom stereocenters. The summed E-state index contributed by atoms with van der Waals surface area (Å²) in [6, 6.07) is 10.7. The molecule has 5 rings (SSSR count). The van der Waals surface area contributed by atoms with Gasteiger partial charge in [0.2, 0.25) is 13.6 Å². The van der Waals surface area contributed by atoms with Crippen LogP contribution in [0.4, 0.5) is 0 Å². The van der Waals surface area contributed by atoms with Crippen LogP contribution in [-0.2, 0) is 6.54 Å². The van der Waals surface area contributed by atoms with Crippen LogP contribution in [0.3, 0.4) is 0 Å². The van der Waals surface area contributed by atoms with Crippen molar-refractivity contribution in [2.75, 3.05) is 20.1 Å². The van der Waals surface area contributed by atoms with Gasteiger partial charge < -0.3 is 18.9 Å². The van der Waals surface area contributed by atoms with E-state index in [2.05, 4.69) is 37.8 Å². The van der Waals surface area contributed by atoms with Gasteiger partial charge in [-0.15, -0.1) is 0 Å².